The molecular weight excluding hydrogens is 314 g/mol. The molecule has 24 heavy (non-hydrogen) atoms. The van der Waals surface area contributed by atoms with Gasteiger partial charge in [0, 0.05) is 31.9 Å². The summed E-state index contributed by atoms with van der Waals surface area (Å²) in [4.78, 5) is 9.48. The molecule has 1 aliphatic heterocycles. The molecule has 0 spiro atoms. The smallest absolute Gasteiger partial charge is 0.117 e. The zero-order valence-electron chi connectivity index (χ0n) is 13.9. The number of hydrogen-bond acceptors (Lipinski definition) is 4. The molecule has 3 aromatic rings. The second-order valence-corrected chi connectivity index (χ2v) is 7.30. The first kappa shape index (κ1) is 15.4. The zero-order valence-corrected chi connectivity index (χ0v) is 14.7. The molecule has 1 aliphatic rings. The lowest BCUT2D eigenvalue weighted by Gasteiger charge is -2.34. The number of fused-ring (bicyclic) bond motifs is 1. The molecule has 0 radical (unpaired) electrons. The van der Waals surface area contributed by atoms with Crippen LogP contribution >= 0.6 is 11.3 Å². The fourth-order valence-electron chi connectivity index (χ4n) is 2.99. The van der Waals surface area contributed by atoms with Crippen molar-refractivity contribution in [3.05, 3.63) is 59.1 Å². The summed E-state index contributed by atoms with van der Waals surface area (Å²) in [6.45, 7) is 4.49. The van der Waals surface area contributed by atoms with E-state index in [0.717, 1.165) is 36.7 Å². The monoisotopic (exact) mass is 335 g/mol. The number of benzene rings is 2. The van der Waals surface area contributed by atoms with E-state index >= 15 is 0 Å². The lowest BCUT2D eigenvalue weighted by atomic mass is 10.1. The Morgan fingerprint density at radius 2 is 1.67 bits per heavy atom. The molecule has 3 nitrogen and oxygen atoms in total. The number of anilines is 1. The Hall–Kier alpha value is -2.17. The molecule has 0 bridgehead atoms. The van der Waals surface area contributed by atoms with Crippen LogP contribution in [0.1, 0.15) is 10.6 Å². The Kier molecular flexibility index (Phi) is 4.32. The van der Waals surface area contributed by atoms with Gasteiger partial charge in [0.05, 0.1) is 10.2 Å². The highest BCUT2D eigenvalue weighted by Crippen LogP contribution is 2.23. The third-order valence-corrected chi connectivity index (χ3v) is 5.49. The molecule has 4 rings (SSSR count). The van der Waals surface area contributed by atoms with Crippen molar-refractivity contribution >= 4 is 39.4 Å². The van der Waals surface area contributed by atoms with Gasteiger partial charge in [0.2, 0.25) is 0 Å². The van der Waals surface area contributed by atoms with Crippen molar-refractivity contribution in [2.24, 2.45) is 0 Å². The SMILES string of the molecule is CN1CCN(c2ccc(/C=C/c3nc4ccccc4s3)cc2)CC1. The predicted octanol–water partition coefficient (Wildman–Crippen LogP) is 4.22. The van der Waals surface area contributed by atoms with E-state index in [4.69, 9.17) is 0 Å². The molecule has 0 unspecified atom stereocenters. The molecule has 1 saturated heterocycles. The highest BCUT2D eigenvalue weighted by atomic mass is 32.1. The summed E-state index contributed by atoms with van der Waals surface area (Å²) >= 11 is 1.73. The first-order valence-corrected chi connectivity index (χ1v) is 9.17. The van der Waals surface area contributed by atoms with Crippen LogP contribution in [-0.2, 0) is 0 Å². The Labute approximate surface area is 146 Å². The molecular formula is C20H21N3S. The molecule has 0 saturated carbocycles. The standard InChI is InChI=1S/C20H21N3S/c1-22-12-14-23(15-13-22)17-9-6-16(7-10-17)8-11-20-21-18-4-2-3-5-19(18)24-20/h2-11H,12-15H2,1H3/b11-8+. The lowest BCUT2D eigenvalue weighted by molar-refractivity contribution is 0.313. The van der Waals surface area contributed by atoms with Crippen molar-refractivity contribution in [3.8, 4) is 0 Å². The summed E-state index contributed by atoms with van der Waals surface area (Å²) in [5, 5.41) is 1.05. The average Bonchev–Trinajstić information content (AvgIpc) is 3.04. The van der Waals surface area contributed by atoms with Crippen molar-refractivity contribution in [3.63, 3.8) is 0 Å². The Bertz CT molecular complexity index is 810. The summed E-state index contributed by atoms with van der Waals surface area (Å²) in [5.41, 5.74) is 3.61. The third-order valence-electron chi connectivity index (χ3n) is 4.49. The van der Waals surface area contributed by atoms with Gasteiger partial charge in [-0.2, -0.15) is 0 Å². The highest BCUT2D eigenvalue weighted by molar-refractivity contribution is 7.19. The molecule has 122 valence electrons. The van der Waals surface area contributed by atoms with Crippen LogP contribution in [0.25, 0.3) is 22.4 Å². The summed E-state index contributed by atoms with van der Waals surface area (Å²) in [6, 6.07) is 17.1. The topological polar surface area (TPSA) is 19.4 Å². The van der Waals surface area contributed by atoms with Crippen LogP contribution in [0.2, 0.25) is 0 Å². The van der Waals surface area contributed by atoms with Gasteiger partial charge < -0.3 is 9.80 Å². The molecule has 0 N–H and O–H groups in total. The van der Waals surface area contributed by atoms with E-state index in [1.807, 2.05) is 6.07 Å². The molecule has 1 aromatic heterocycles. The van der Waals surface area contributed by atoms with Crippen molar-refractivity contribution in [1.29, 1.82) is 0 Å². The van der Waals surface area contributed by atoms with Gasteiger partial charge in [-0.3, -0.25) is 0 Å². The predicted molar refractivity (Wildman–Crippen MR) is 105 cm³/mol. The van der Waals surface area contributed by atoms with Gasteiger partial charge in [-0.1, -0.05) is 30.3 Å². The van der Waals surface area contributed by atoms with Crippen LogP contribution in [0, 0.1) is 0 Å². The van der Waals surface area contributed by atoms with Gasteiger partial charge >= 0.3 is 0 Å². The van der Waals surface area contributed by atoms with E-state index in [0.29, 0.717) is 0 Å². The molecule has 2 heterocycles. The zero-order chi connectivity index (χ0) is 16.4. The third kappa shape index (κ3) is 3.35. The second kappa shape index (κ2) is 6.75. The van der Waals surface area contributed by atoms with Gasteiger partial charge in [0.15, 0.2) is 0 Å². The minimum absolute atomic E-state index is 1.05. The van der Waals surface area contributed by atoms with E-state index in [1.165, 1.54) is 16.0 Å². The lowest BCUT2D eigenvalue weighted by Crippen LogP contribution is -2.44. The number of piperazine rings is 1. The van der Waals surface area contributed by atoms with E-state index < -0.39 is 0 Å². The molecule has 0 atom stereocenters. The maximum absolute atomic E-state index is 4.64. The Balaban J connectivity index is 1.46. The average molecular weight is 335 g/mol. The summed E-state index contributed by atoms with van der Waals surface area (Å²) in [5.74, 6) is 0. The van der Waals surface area contributed by atoms with Crippen LogP contribution in [0.5, 0.6) is 0 Å². The number of likely N-dealkylation sites (N-methyl/N-ethyl adjacent to an activating group) is 1. The second-order valence-electron chi connectivity index (χ2n) is 6.24. The number of hydrogen-bond donors (Lipinski definition) is 0. The Morgan fingerprint density at radius 3 is 2.42 bits per heavy atom. The first-order chi connectivity index (χ1) is 11.8. The first-order valence-electron chi connectivity index (χ1n) is 8.35. The number of rotatable bonds is 3. The number of nitrogens with zero attached hydrogens (tertiary/aromatic N) is 3. The van der Waals surface area contributed by atoms with Crippen molar-refractivity contribution < 1.29 is 0 Å². The normalized spacial score (nSPS) is 16.3. The summed E-state index contributed by atoms with van der Waals surface area (Å²) < 4.78 is 1.24. The van der Waals surface area contributed by atoms with Crippen LogP contribution < -0.4 is 4.90 Å². The number of aromatic nitrogens is 1. The van der Waals surface area contributed by atoms with Gasteiger partial charge in [0.25, 0.3) is 0 Å². The van der Waals surface area contributed by atoms with E-state index in [-0.39, 0.29) is 0 Å². The van der Waals surface area contributed by atoms with Crippen molar-refractivity contribution in [2.45, 2.75) is 0 Å². The van der Waals surface area contributed by atoms with Crippen LogP contribution in [-0.4, -0.2) is 43.1 Å². The largest absolute Gasteiger partial charge is 0.369 e. The van der Waals surface area contributed by atoms with Gasteiger partial charge in [-0.15, -0.1) is 11.3 Å². The fraction of sp³-hybridized carbons (Fsp3) is 0.250. The van der Waals surface area contributed by atoms with Crippen LogP contribution in [0.3, 0.4) is 0 Å². The van der Waals surface area contributed by atoms with E-state index in [2.05, 4.69) is 76.4 Å². The highest BCUT2D eigenvalue weighted by Gasteiger charge is 2.13. The summed E-state index contributed by atoms with van der Waals surface area (Å²) in [7, 11) is 2.19. The van der Waals surface area contributed by atoms with E-state index in [9.17, 15) is 0 Å². The molecule has 0 aliphatic carbocycles. The maximum atomic E-state index is 4.64. The van der Waals surface area contributed by atoms with E-state index in [1.54, 1.807) is 11.3 Å². The van der Waals surface area contributed by atoms with Gasteiger partial charge in [-0.05, 0) is 43.0 Å². The molecule has 1 fully saturated rings. The molecule has 0 amide bonds. The number of thiazole rings is 1. The van der Waals surface area contributed by atoms with Crippen LogP contribution in [0.4, 0.5) is 5.69 Å². The van der Waals surface area contributed by atoms with Crippen LogP contribution in [0.15, 0.2) is 48.5 Å². The fourth-order valence-corrected chi connectivity index (χ4v) is 3.86. The quantitative estimate of drug-likeness (QED) is 0.714. The Morgan fingerprint density at radius 1 is 0.917 bits per heavy atom. The van der Waals surface area contributed by atoms with Crippen molar-refractivity contribution in [2.75, 3.05) is 38.1 Å². The minimum Gasteiger partial charge on any atom is -0.369 e. The molecule has 2 aromatic carbocycles. The maximum Gasteiger partial charge on any atom is 0.117 e. The van der Waals surface area contributed by atoms with Gasteiger partial charge in [-0.25, -0.2) is 4.98 Å². The summed E-state index contributed by atoms with van der Waals surface area (Å²) in [6.07, 6.45) is 4.25. The number of para-hydroxylation sites is 1. The van der Waals surface area contributed by atoms with Gasteiger partial charge in [0.1, 0.15) is 5.01 Å². The minimum atomic E-state index is 1.05. The molecule has 4 heteroatoms. The van der Waals surface area contributed by atoms with Crippen molar-refractivity contribution in [1.82, 2.24) is 9.88 Å².